The molecule has 4 rings (SSSR count). The molecule has 0 bridgehead atoms. The summed E-state index contributed by atoms with van der Waals surface area (Å²) in [5, 5.41) is 8.74. The van der Waals surface area contributed by atoms with Crippen molar-refractivity contribution in [1.29, 1.82) is 0 Å². The second-order valence-corrected chi connectivity index (χ2v) is 8.72. The fourth-order valence-electron chi connectivity index (χ4n) is 5.28. The molecule has 2 aliphatic heterocycles. The van der Waals surface area contributed by atoms with Gasteiger partial charge < -0.3 is 19.1 Å². The summed E-state index contributed by atoms with van der Waals surface area (Å²) < 4.78 is 7.91. The van der Waals surface area contributed by atoms with E-state index in [0.717, 1.165) is 57.8 Å². The maximum absolute atomic E-state index is 13.2. The van der Waals surface area contributed by atoms with E-state index < -0.39 is 0 Å². The van der Waals surface area contributed by atoms with Crippen molar-refractivity contribution < 1.29 is 9.53 Å². The van der Waals surface area contributed by atoms with Crippen LogP contribution < -0.4 is 4.74 Å². The average molecular weight is 412 g/mol. The number of hydrogen-bond acceptors (Lipinski definition) is 5. The van der Waals surface area contributed by atoms with Crippen LogP contribution in [0.1, 0.15) is 55.2 Å². The molecule has 0 saturated carbocycles. The lowest BCUT2D eigenvalue weighted by molar-refractivity contribution is 0.0557. The van der Waals surface area contributed by atoms with Crippen LogP contribution in [0.4, 0.5) is 0 Å². The lowest BCUT2D eigenvalue weighted by atomic mass is 9.70. The highest BCUT2D eigenvalue weighted by Gasteiger charge is 2.50. The maximum Gasteiger partial charge on any atom is 0.257 e. The SMILES string of the molecule is CCCn1cnnc1C1CN(C)CC12CCN(C(=O)c1ccccc1OCC)CC2. The number of likely N-dealkylation sites (N-methyl/N-ethyl adjacent to an activating group) is 1. The summed E-state index contributed by atoms with van der Waals surface area (Å²) >= 11 is 0. The normalized spacial score (nSPS) is 21.3. The number of carbonyl (C=O) groups is 1. The number of hydrogen-bond donors (Lipinski definition) is 0. The zero-order chi connectivity index (χ0) is 21.1. The van der Waals surface area contributed by atoms with Crippen LogP contribution in [-0.4, -0.2) is 70.3 Å². The van der Waals surface area contributed by atoms with Crippen molar-refractivity contribution >= 4 is 5.91 Å². The second kappa shape index (κ2) is 8.76. The van der Waals surface area contributed by atoms with Gasteiger partial charge >= 0.3 is 0 Å². The number of nitrogens with zero attached hydrogens (tertiary/aromatic N) is 5. The molecular weight excluding hydrogens is 378 g/mol. The van der Waals surface area contributed by atoms with Crippen LogP contribution in [0.3, 0.4) is 0 Å². The van der Waals surface area contributed by atoms with Crippen molar-refractivity contribution in [2.75, 3.05) is 39.8 Å². The molecule has 1 aromatic carbocycles. The van der Waals surface area contributed by atoms with Gasteiger partial charge in [-0.1, -0.05) is 19.1 Å². The summed E-state index contributed by atoms with van der Waals surface area (Å²) in [7, 11) is 2.19. The Kier molecular flexibility index (Phi) is 6.09. The predicted octanol–water partition coefficient (Wildman–Crippen LogP) is 3.04. The van der Waals surface area contributed by atoms with Gasteiger partial charge in [0.25, 0.3) is 5.91 Å². The van der Waals surface area contributed by atoms with E-state index >= 15 is 0 Å². The Morgan fingerprint density at radius 2 is 2.00 bits per heavy atom. The van der Waals surface area contributed by atoms with E-state index in [0.29, 0.717) is 23.8 Å². The minimum absolute atomic E-state index is 0.0750. The van der Waals surface area contributed by atoms with E-state index in [1.807, 2.05) is 42.4 Å². The fourth-order valence-corrected chi connectivity index (χ4v) is 5.28. The first-order chi connectivity index (χ1) is 14.6. The summed E-state index contributed by atoms with van der Waals surface area (Å²) in [5.41, 5.74) is 0.821. The monoisotopic (exact) mass is 411 g/mol. The topological polar surface area (TPSA) is 63.5 Å². The molecule has 2 fully saturated rings. The Hall–Kier alpha value is -2.41. The van der Waals surface area contributed by atoms with Gasteiger partial charge in [0.05, 0.1) is 12.2 Å². The molecule has 2 aliphatic rings. The number of likely N-dealkylation sites (tertiary alicyclic amines) is 2. The highest BCUT2D eigenvalue weighted by Crippen LogP contribution is 2.49. The Labute approximate surface area is 179 Å². The van der Waals surface area contributed by atoms with Crippen molar-refractivity contribution in [3.05, 3.63) is 42.0 Å². The lowest BCUT2D eigenvalue weighted by Gasteiger charge is -2.42. The number of aromatic nitrogens is 3. The van der Waals surface area contributed by atoms with Crippen LogP contribution in [-0.2, 0) is 6.54 Å². The van der Waals surface area contributed by atoms with E-state index in [9.17, 15) is 4.79 Å². The standard InChI is InChI=1S/C23H33N5O2/c1-4-12-28-17-24-25-21(28)19-15-26(3)16-23(19)10-13-27(14-11-23)22(29)18-8-6-7-9-20(18)30-5-2/h6-9,17,19H,4-5,10-16H2,1-3H3. The van der Waals surface area contributed by atoms with Crippen LogP contribution in [0, 0.1) is 5.41 Å². The van der Waals surface area contributed by atoms with Crippen molar-refractivity contribution in [3.8, 4) is 5.75 Å². The van der Waals surface area contributed by atoms with Crippen LogP contribution in [0.25, 0.3) is 0 Å². The summed E-state index contributed by atoms with van der Waals surface area (Å²) in [6.45, 7) is 9.23. The molecule has 1 unspecified atom stereocenters. The van der Waals surface area contributed by atoms with Crippen molar-refractivity contribution in [1.82, 2.24) is 24.6 Å². The van der Waals surface area contributed by atoms with Gasteiger partial charge in [-0.3, -0.25) is 4.79 Å². The summed E-state index contributed by atoms with van der Waals surface area (Å²) in [5.74, 6) is 2.23. The van der Waals surface area contributed by atoms with Gasteiger partial charge in [0.1, 0.15) is 17.9 Å². The third kappa shape index (κ3) is 3.83. The quantitative estimate of drug-likeness (QED) is 0.731. The third-order valence-corrected chi connectivity index (χ3v) is 6.70. The molecule has 0 N–H and O–H groups in total. The number of carbonyl (C=O) groups excluding carboxylic acids is 1. The number of para-hydroxylation sites is 1. The molecular formula is C23H33N5O2. The van der Waals surface area contributed by atoms with E-state index in [1.165, 1.54) is 0 Å². The minimum Gasteiger partial charge on any atom is -0.493 e. The predicted molar refractivity (Wildman–Crippen MR) is 116 cm³/mol. The molecule has 7 heteroatoms. The summed E-state index contributed by atoms with van der Waals surface area (Å²) in [6, 6.07) is 7.57. The first-order valence-corrected chi connectivity index (χ1v) is 11.2. The zero-order valence-corrected chi connectivity index (χ0v) is 18.4. The van der Waals surface area contributed by atoms with Crippen LogP contribution >= 0.6 is 0 Å². The van der Waals surface area contributed by atoms with Gasteiger partial charge in [-0.25, -0.2) is 0 Å². The molecule has 162 valence electrons. The van der Waals surface area contributed by atoms with Crippen LogP contribution in [0.15, 0.2) is 30.6 Å². The lowest BCUT2D eigenvalue weighted by Crippen LogP contribution is -2.46. The van der Waals surface area contributed by atoms with E-state index in [4.69, 9.17) is 4.74 Å². The Morgan fingerprint density at radius 3 is 2.73 bits per heavy atom. The Balaban J connectivity index is 1.51. The van der Waals surface area contributed by atoms with Gasteiger partial charge in [0, 0.05) is 38.6 Å². The van der Waals surface area contributed by atoms with Gasteiger partial charge in [-0.15, -0.1) is 10.2 Å². The first-order valence-electron chi connectivity index (χ1n) is 11.2. The van der Waals surface area contributed by atoms with E-state index in [2.05, 4.69) is 33.6 Å². The van der Waals surface area contributed by atoms with Gasteiger partial charge in [-0.05, 0) is 50.8 Å². The smallest absolute Gasteiger partial charge is 0.257 e. The Morgan fingerprint density at radius 1 is 1.23 bits per heavy atom. The van der Waals surface area contributed by atoms with Crippen molar-refractivity contribution in [2.45, 2.75) is 45.6 Å². The number of ether oxygens (including phenoxy) is 1. The number of benzene rings is 1. The number of aryl methyl sites for hydroxylation is 1. The highest BCUT2D eigenvalue weighted by atomic mass is 16.5. The molecule has 2 saturated heterocycles. The molecule has 0 aliphatic carbocycles. The largest absolute Gasteiger partial charge is 0.493 e. The average Bonchev–Trinajstić information content (AvgIpc) is 3.33. The fraction of sp³-hybridized carbons (Fsp3) is 0.609. The molecule has 30 heavy (non-hydrogen) atoms. The number of rotatable bonds is 6. The molecule has 1 aromatic heterocycles. The van der Waals surface area contributed by atoms with E-state index in [-0.39, 0.29) is 11.3 Å². The molecule has 1 amide bonds. The number of amides is 1. The van der Waals surface area contributed by atoms with Gasteiger partial charge in [0.2, 0.25) is 0 Å². The van der Waals surface area contributed by atoms with Crippen molar-refractivity contribution in [3.63, 3.8) is 0 Å². The van der Waals surface area contributed by atoms with Gasteiger partial charge in [-0.2, -0.15) is 0 Å². The molecule has 3 heterocycles. The van der Waals surface area contributed by atoms with E-state index in [1.54, 1.807) is 0 Å². The molecule has 7 nitrogen and oxygen atoms in total. The number of piperidine rings is 1. The van der Waals surface area contributed by atoms with Crippen molar-refractivity contribution in [2.24, 2.45) is 5.41 Å². The maximum atomic E-state index is 13.2. The van der Waals surface area contributed by atoms with Crippen LogP contribution in [0.2, 0.25) is 0 Å². The summed E-state index contributed by atoms with van der Waals surface area (Å²) in [6.07, 6.45) is 4.92. The highest BCUT2D eigenvalue weighted by molar-refractivity contribution is 5.97. The molecule has 1 atom stereocenters. The molecule has 0 radical (unpaired) electrons. The Bertz CT molecular complexity index is 872. The molecule has 1 spiro atoms. The minimum atomic E-state index is 0.0750. The molecule has 2 aromatic rings. The second-order valence-electron chi connectivity index (χ2n) is 8.72. The van der Waals surface area contributed by atoms with Crippen LogP contribution in [0.5, 0.6) is 5.75 Å². The summed E-state index contributed by atoms with van der Waals surface area (Å²) in [4.78, 5) is 17.6. The zero-order valence-electron chi connectivity index (χ0n) is 18.4. The first kappa shape index (κ1) is 20.8. The van der Waals surface area contributed by atoms with Gasteiger partial charge in [0.15, 0.2) is 0 Å². The third-order valence-electron chi connectivity index (χ3n) is 6.70.